The van der Waals surface area contributed by atoms with Crippen molar-refractivity contribution in [3.8, 4) is 0 Å². The highest BCUT2D eigenvalue weighted by Gasteiger charge is 2.34. The number of hydrogen-bond donors (Lipinski definition) is 1. The maximum absolute atomic E-state index is 13.4. The average molecular weight is 519 g/mol. The molecule has 0 radical (unpaired) electrons. The highest BCUT2D eigenvalue weighted by Crippen LogP contribution is 2.26. The summed E-state index contributed by atoms with van der Waals surface area (Å²) in [6.45, 7) is 1.27. The molecule has 1 aromatic heterocycles. The van der Waals surface area contributed by atoms with Crippen LogP contribution in [0.4, 0.5) is 0 Å². The van der Waals surface area contributed by atoms with Crippen LogP contribution in [0.15, 0.2) is 58.2 Å². The number of rotatable bonds is 8. The van der Waals surface area contributed by atoms with Crippen molar-refractivity contribution >= 4 is 38.4 Å². The van der Waals surface area contributed by atoms with Crippen molar-refractivity contribution in [2.75, 3.05) is 33.4 Å². The van der Waals surface area contributed by atoms with Crippen LogP contribution < -0.4 is 5.56 Å². The average Bonchev–Trinajstić information content (AvgIpc) is 2.86. The van der Waals surface area contributed by atoms with Gasteiger partial charge in [-0.2, -0.15) is 4.31 Å². The number of amides is 1. The standard InChI is InChI=1S/C24H27ClN4O5S/c1-34-15-14-28(16-22-26-21-5-3-2-4-20(21)23(30)27-22)24(31)17-10-12-29(13-11-17)35(32,33)19-8-6-18(25)7-9-19/h2-9,17H,10-16H2,1H3,(H,26,27,30). The van der Waals surface area contributed by atoms with Gasteiger partial charge < -0.3 is 14.6 Å². The zero-order valence-corrected chi connectivity index (χ0v) is 20.9. The molecule has 1 fully saturated rings. The van der Waals surface area contributed by atoms with Crippen molar-refractivity contribution in [2.24, 2.45) is 5.92 Å². The van der Waals surface area contributed by atoms with Gasteiger partial charge >= 0.3 is 0 Å². The van der Waals surface area contributed by atoms with Crippen molar-refractivity contribution in [3.63, 3.8) is 0 Å². The van der Waals surface area contributed by atoms with Crippen LogP contribution in [-0.4, -0.2) is 66.8 Å². The number of hydrogen-bond acceptors (Lipinski definition) is 6. The van der Waals surface area contributed by atoms with Crippen LogP contribution in [0.2, 0.25) is 5.02 Å². The number of fused-ring (bicyclic) bond motifs is 1. The van der Waals surface area contributed by atoms with Crippen molar-refractivity contribution in [2.45, 2.75) is 24.3 Å². The number of H-pyrrole nitrogens is 1. The van der Waals surface area contributed by atoms with E-state index < -0.39 is 10.0 Å². The summed E-state index contributed by atoms with van der Waals surface area (Å²) in [5.74, 6) is -0.0574. The number of ether oxygens (including phenoxy) is 1. The number of nitrogens with one attached hydrogen (secondary N) is 1. The van der Waals surface area contributed by atoms with Gasteiger partial charge in [0.1, 0.15) is 5.82 Å². The van der Waals surface area contributed by atoms with E-state index in [0.29, 0.717) is 47.7 Å². The third-order valence-corrected chi connectivity index (χ3v) is 8.30. The van der Waals surface area contributed by atoms with Gasteiger partial charge in [-0.05, 0) is 49.2 Å². The number of aromatic amines is 1. The van der Waals surface area contributed by atoms with Gasteiger partial charge in [0.25, 0.3) is 5.56 Å². The lowest BCUT2D eigenvalue weighted by Gasteiger charge is -2.33. The van der Waals surface area contributed by atoms with Crippen LogP contribution in [-0.2, 0) is 26.1 Å². The van der Waals surface area contributed by atoms with Gasteiger partial charge in [0.2, 0.25) is 15.9 Å². The second-order valence-corrected chi connectivity index (χ2v) is 10.8. The molecule has 11 heteroatoms. The van der Waals surface area contributed by atoms with Gasteiger partial charge in [-0.1, -0.05) is 23.7 Å². The molecule has 186 valence electrons. The number of methoxy groups -OCH3 is 1. The van der Waals surface area contributed by atoms with Crippen LogP contribution in [0.3, 0.4) is 0 Å². The summed E-state index contributed by atoms with van der Waals surface area (Å²) in [5.41, 5.74) is 0.302. The number of sulfonamides is 1. The Morgan fingerprint density at radius 2 is 1.86 bits per heavy atom. The van der Waals surface area contributed by atoms with Gasteiger partial charge in [-0.15, -0.1) is 0 Å². The molecule has 0 atom stereocenters. The molecule has 0 aliphatic carbocycles. The third kappa shape index (κ3) is 5.72. The summed E-state index contributed by atoms with van der Waals surface area (Å²) < 4.78 is 32.5. The zero-order chi connectivity index (χ0) is 25.0. The molecular formula is C24H27ClN4O5S. The van der Waals surface area contributed by atoms with E-state index >= 15 is 0 Å². The van der Waals surface area contributed by atoms with Crippen LogP contribution in [0.25, 0.3) is 10.9 Å². The zero-order valence-electron chi connectivity index (χ0n) is 19.3. The minimum atomic E-state index is -3.66. The van der Waals surface area contributed by atoms with E-state index in [1.807, 2.05) is 0 Å². The first-order chi connectivity index (χ1) is 16.8. The maximum atomic E-state index is 13.4. The second kappa shape index (κ2) is 10.9. The molecule has 35 heavy (non-hydrogen) atoms. The lowest BCUT2D eigenvalue weighted by Crippen LogP contribution is -2.45. The van der Waals surface area contributed by atoms with Crippen molar-refractivity contribution in [1.29, 1.82) is 0 Å². The minimum Gasteiger partial charge on any atom is -0.383 e. The molecule has 2 heterocycles. The van der Waals surface area contributed by atoms with E-state index in [4.69, 9.17) is 16.3 Å². The van der Waals surface area contributed by atoms with Crippen molar-refractivity contribution in [1.82, 2.24) is 19.2 Å². The Labute approximate surface area is 208 Å². The summed E-state index contributed by atoms with van der Waals surface area (Å²) in [6.07, 6.45) is 0.799. The molecule has 1 N–H and O–H groups in total. The largest absolute Gasteiger partial charge is 0.383 e. The highest BCUT2D eigenvalue weighted by atomic mass is 35.5. The maximum Gasteiger partial charge on any atom is 0.258 e. The van der Waals surface area contributed by atoms with E-state index in [9.17, 15) is 18.0 Å². The first-order valence-electron chi connectivity index (χ1n) is 11.3. The van der Waals surface area contributed by atoms with Gasteiger partial charge in [0.05, 0.1) is 29.0 Å². The predicted molar refractivity (Wildman–Crippen MR) is 133 cm³/mol. The summed E-state index contributed by atoms with van der Waals surface area (Å²) in [7, 11) is -2.10. The number of nitrogens with zero attached hydrogens (tertiary/aromatic N) is 3. The molecule has 2 aromatic carbocycles. The first kappa shape index (κ1) is 25.3. The topological polar surface area (TPSA) is 113 Å². The van der Waals surface area contributed by atoms with Crippen LogP contribution in [0.5, 0.6) is 0 Å². The van der Waals surface area contributed by atoms with Gasteiger partial charge in [0, 0.05) is 37.7 Å². The van der Waals surface area contributed by atoms with Crippen LogP contribution in [0, 0.1) is 5.92 Å². The van der Waals surface area contributed by atoms with Crippen molar-refractivity contribution < 1.29 is 17.9 Å². The molecule has 3 aromatic rings. The van der Waals surface area contributed by atoms with E-state index in [0.717, 1.165) is 0 Å². The fraction of sp³-hybridized carbons (Fsp3) is 0.375. The number of carbonyl (C=O) groups excluding carboxylic acids is 1. The van der Waals surface area contributed by atoms with E-state index in [1.165, 1.54) is 16.4 Å². The van der Waals surface area contributed by atoms with Gasteiger partial charge in [-0.25, -0.2) is 13.4 Å². The molecule has 0 unspecified atom stereocenters. The first-order valence-corrected chi connectivity index (χ1v) is 13.1. The molecule has 1 aliphatic rings. The normalized spacial score (nSPS) is 15.4. The molecular weight excluding hydrogens is 492 g/mol. The predicted octanol–water partition coefficient (Wildman–Crippen LogP) is 2.65. The van der Waals surface area contributed by atoms with Crippen LogP contribution >= 0.6 is 11.6 Å². The molecule has 1 aliphatic heterocycles. The fourth-order valence-electron chi connectivity index (χ4n) is 4.22. The molecule has 9 nitrogen and oxygen atoms in total. The Hall–Kier alpha value is -2.79. The van der Waals surface area contributed by atoms with E-state index in [1.54, 1.807) is 48.4 Å². The number of carbonyl (C=O) groups is 1. The summed E-state index contributed by atoms with van der Waals surface area (Å²) in [6, 6.07) is 13.1. The minimum absolute atomic E-state index is 0.110. The number of aromatic nitrogens is 2. The Morgan fingerprint density at radius 1 is 1.17 bits per heavy atom. The molecule has 1 saturated heterocycles. The lowest BCUT2D eigenvalue weighted by atomic mass is 9.96. The van der Waals surface area contributed by atoms with Crippen molar-refractivity contribution in [3.05, 3.63) is 69.7 Å². The SMILES string of the molecule is COCCN(Cc1nc2ccccc2c(=O)[nH]1)C(=O)C1CCN(S(=O)(=O)c2ccc(Cl)cc2)CC1. The quantitative estimate of drug-likeness (QED) is 0.490. The summed E-state index contributed by atoms with van der Waals surface area (Å²) in [5, 5.41) is 0.951. The Balaban J connectivity index is 1.46. The monoisotopic (exact) mass is 518 g/mol. The summed E-state index contributed by atoms with van der Waals surface area (Å²) >= 11 is 5.88. The Kier molecular flexibility index (Phi) is 7.85. The van der Waals surface area contributed by atoms with E-state index in [2.05, 4.69) is 9.97 Å². The van der Waals surface area contributed by atoms with Gasteiger partial charge in [-0.3, -0.25) is 9.59 Å². The number of halogens is 1. The Morgan fingerprint density at radius 3 is 2.54 bits per heavy atom. The second-order valence-electron chi connectivity index (χ2n) is 8.41. The molecule has 0 spiro atoms. The number of para-hydroxylation sites is 1. The van der Waals surface area contributed by atoms with Gasteiger partial charge in [0.15, 0.2) is 0 Å². The summed E-state index contributed by atoms with van der Waals surface area (Å²) in [4.78, 5) is 34.9. The highest BCUT2D eigenvalue weighted by molar-refractivity contribution is 7.89. The molecule has 4 rings (SSSR count). The lowest BCUT2D eigenvalue weighted by molar-refractivity contribution is -0.138. The molecule has 0 bridgehead atoms. The third-order valence-electron chi connectivity index (χ3n) is 6.13. The number of benzene rings is 2. The molecule has 1 amide bonds. The smallest absolute Gasteiger partial charge is 0.258 e. The number of piperidine rings is 1. The Bertz CT molecular complexity index is 1350. The van der Waals surface area contributed by atoms with Crippen LogP contribution in [0.1, 0.15) is 18.7 Å². The van der Waals surface area contributed by atoms with E-state index in [-0.39, 0.29) is 41.9 Å². The molecule has 0 saturated carbocycles. The fourth-order valence-corrected chi connectivity index (χ4v) is 5.81.